The Labute approximate surface area is 129 Å². The van der Waals surface area contributed by atoms with E-state index in [4.69, 9.17) is 27.9 Å². The van der Waals surface area contributed by atoms with Crippen LogP contribution >= 0.6 is 23.2 Å². The Bertz CT molecular complexity index is 567. The normalized spacial score (nSPS) is 10.8. The first kappa shape index (κ1) is 15.2. The van der Waals surface area contributed by atoms with Gasteiger partial charge >= 0.3 is 0 Å². The van der Waals surface area contributed by atoms with Gasteiger partial charge in [-0.15, -0.1) is 0 Å². The Balaban J connectivity index is 2.23. The van der Waals surface area contributed by atoms with Crippen molar-refractivity contribution in [3.05, 3.63) is 58.1 Å². The van der Waals surface area contributed by atoms with Crippen LogP contribution in [0, 0.1) is 0 Å². The molecular weight excluding hydrogens is 293 g/mol. The van der Waals surface area contributed by atoms with Gasteiger partial charge in [0.05, 0.1) is 5.02 Å². The molecule has 0 amide bonds. The highest BCUT2D eigenvalue weighted by molar-refractivity contribution is 6.32. The van der Waals surface area contributed by atoms with Crippen molar-refractivity contribution in [3.8, 4) is 11.5 Å². The van der Waals surface area contributed by atoms with Crippen molar-refractivity contribution in [2.24, 2.45) is 0 Å². The standard InChI is InChI=1S/C16H17Cl2NO/c1-11(2)19-10-12-4-3-5-15(18)16(12)20-14-8-6-13(17)7-9-14/h3-9,11,19H,10H2,1-2H3. The summed E-state index contributed by atoms with van der Waals surface area (Å²) in [5, 5.41) is 4.64. The SMILES string of the molecule is CC(C)NCc1cccc(Cl)c1Oc1ccc(Cl)cc1. The lowest BCUT2D eigenvalue weighted by Gasteiger charge is -2.15. The molecule has 2 aromatic carbocycles. The maximum atomic E-state index is 6.25. The maximum Gasteiger partial charge on any atom is 0.150 e. The van der Waals surface area contributed by atoms with Gasteiger partial charge < -0.3 is 10.1 Å². The van der Waals surface area contributed by atoms with Crippen LogP contribution in [0.1, 0.15) is 19.4 Å². The van der Waals surface area contributed by atoms with E-state index in [1.165, 1.54) is 0 Å². The minimum Gasteiger partial charge on any atom is -0.455 e. The number of ether oxygens (including phenoxy) is 1. The molecule has 2 aromatic rings. The average molecular weight is 310 g/mol. The van der Waals surface area contributed by atoms with Gasteiger partial charge in [0.1, 0.15) is 11.5 Å². The average Bonchev–Trinajstić information content (AvgIpc) is 2.41. The Kier molecular flexibility index (Phi) is 5.30. The minimum absolute atomic E-state index is 0.400. The molecule has 0 saturated carbocycles. The lowest BCUT2D eigenvalue weighted by molar-refractivity contribution is 0.469. The van der Waals surface area contributed by atoms with E-state index in [-0.39, 0.29) is 0 Å². The van der Waals surface area contributed by atoms with E-state index in [2.05, 4.69) is 19.2 Å². The summed E-state index contributed by atoms with van der Waals surface area (Å²) in [6, 6.07) is 13.4. The third kappa shape index (κ3) is 4.14. The molecule has 0 fully saturated rings. The molecule has 0 aliphatic heterocycles. The van der Waals surface area contributed by atoms with Gasteiger partial charge in [-0.1, -0.05) is 49.2 Å². The van der Waals surface area contributed by atoms with Crippen LogP contribution in [-0.4, -0.2) is 6.04 Å². The van der Waals surface area contributed by atoms with Crippen molar-refractivity contribution in [1.29, 1.82) is 0 Å². The van der Waals surface area contributed by atoms with E-state index in [1.807, 2.05) is 30.3 Å². The molecule has 0 spiro atoms. The molecule has 0 radical (unpaired) electrons. The minimum atomic E-state index is 0.400. The second kappa shape index (κ2) is 6.98. The Morgan fingerprint density at radius 3 is 2.40 bits per heavy atom. The number of hydrogen-bond acceptors (Lipinski definition) is 2. The second-order valence-electron chi connectivity index (χ2n) is 4.82. The Morgan fingerprint density at radius 1 is 1.05 bits per heavy atom. The van der Waals surface area contributed by atoms with Crippen molar-refractivity contribution in [3.63, 3.8) is 0 Å². The molecule has 0 atom stereocenters. The van der Waals surface area contributed by atoms with Crippen LogP contribution in [0.25, 0.3) is 0 Å². The first-order valence-electron chi connectivity index (χ1n) is 6.50. The van der Waals surface area contributed by atoms with Crippen LogP contribution in [0.15, 0.2) is 42.5 Å². The number of rotatable bonds is 5. The molecule has 0 heterocycles. The van der Waals surface area contributed by atoms with E-state index < -0.39 is 0 Å². The van der Waals surface area contributed by atoms with E-state index in [9.17, 15) is 0 Å². The third-order valence-corrected chi connectivity index (χ3v) is 3.33. The predicted molar refractivity (Wildman–Crippen MR) is 85.0 cm³/mol. The van der Waals surface area contributed by atoms with Crippen molar-refractivity contribution in [2.75, 3.05) is 0 Å². The summed E-state index contributed by atoms with van der Waals surface area (Å²) in [6.07, 6.45) is 0. The molecule has 4 heteroatoms. The van der Waals surface area contributed by atoms with Gasteiger partial charge in [-0.3, -0.25) is 0 Å². The molecular formula is C16H17Cl2NO. The highest BCUT2D eigenvalue weighted by Gasteiger charge is 2.10. The molecule has 1 N–H and O–H groups in total. The number of benzene rings is 2. The van der Waals surface area contributed by atoms with E-state index in [0.717, 1.165) is 5.56 Å². The summed E-state index contributed by atoms with van der Waals surface area (Å²) >= 11 is 12.1. The van der Waals surface area contributed by atoms with Gasteiger partial charge in [0, 0.05) is 23.2 Å². The predicted octanol–water partition coefficient (Wildman–Crippen LogP) is 5.28. The van der Waals surface area contributed by atoms with Crippen LogP contribution in [-0.2, 0) is 6.54 Å². The van der Waals surface area contributed by atoms with E-state index in [0.29, 0.717) is 34.1 Å². The monoisotopic (exact) mass is 309 g/mol. The van der Waals surface area contributed by atoms with Crippen LogP contribution in [0.4, 0.5) is 0 Å². The molecule has 0 aliphatic carbocycles. The number of halogens is 2. The number of hydrogen-bond donors (Lipinski definition) is 1. The van der Waals surface area contributed by atoms with Crippen LogP contribution in [0.3, 0.4) is 0 Å². The summed E-state index contributed by atoms with van der Waals surface area (Å²) in [5.41, 5.74) is 1.03. The summed E-state index contributed by atoms with van der Waals surface area (Å²) in [4.78, 5) is 0. The first-order valence-corrected chi connectivity index (χ1v) is 7.26. The highest BCUT2D eigenvalue weighted by atomic mass is 35.5. The topological polar surface area (TPSA) is 21.3 Å². The highest BCUT2D eigenvalue weighted by Crippen LogP contribution is 2.33. The van der Waals surface area contributed by atoms with Gasteiger partial charge in [-0.2, -0.15) is 0 Å². The zero-order chi connectivity index (χ0) is 14.5. The second-order valence-corrected chi connectivity index (χ2v) is 5.66. The lowest BCUT2D eigenvalue weighted by Crippen LogP contribution is -2.22. The first-order chi connectivity index (χ1) is 9.56. The van der Waals surface area contributed by atoms with Gasteiger partial charge in [0.25, 0.3) is 0 Å². The summed E-state index contributed by atoms with van der Waals surface area (Å²) < 4.78 is 5.90. The molecule has 0 unspecified atom stereocenters. The zero-order valence-electron chi connectivity index (χ0n) is 11.5. The van der Waals surface area contributed by atoms with E-state index in [1.54, 1.807) is 12.1 Å². The fourth-order valence-electron chi connectivity index (χ4n) is 1.74. The van der Waals surface area contributed by atoms with Crippen LogP contribution in [0.2, 0.25) is 10.0 Å². The fourth-order valence-corrected chi connectivity index (χ4v) is 2.10. The zero-order valence-corrected chi connectivity index (χ0v) is 13.0. The molecule has 20 heavy (non-hydrogen) atoms. The summed E-state index contributed by atoms with van der Waals surface area (Å²) in [6.45, 7) is 4.91. The third-order valence-electron chi connectivity index (χ3n) is 2.78. The Hall–Kier alpha value is -1.22. The molecule has 0 aliphatic rings. The quantitative estimate of drug-likeness (QED) is 0.811. The maximum absolute atomic E-state index is 6.25. The van der Waals surface area contributed by atoms with Crippen molar-refractivity contribution >= 4 is 23.2 Å². The molecule has 106 valence electrons. The smallest absolute Gasteiger partial charge is 0.150 e. The fraction of sp³-hybridized carbons (Fsp3) is 0.250. The van der Waals surface area contributed by atoms with Gasteiger partial charge in [-0.25, -0.2) is 0 Å². The van der Waals surface area contributed by atoms with Gasteiger partial charge in [0.2, 0.25) is 0 Å². The largest absolute Gasteiger partial charge is 0.455 e. The molecule has 2 rings (SSSR count). The number of para-hydroxylation sites is 1. The molecule has 0 bridgehead atoms. The van der Waals surface area contributed by atoms with Gasteiger partial charge in [0.15, 0.2) is 0 Å². The number of nitrogens with one attached hydrogen (secondary N) is 1. The van der Waals surface area contributed by atoms with Crippen LogP contribution in [0.5, 0.6) is 11.5 Å². The molecule has 0 saturated heterocycles. The van der Waals surface area contributed by atoms with Crippen LogP contribution < -0.4 is 10.1 Å². The van der Waals surface area contributed by atoms with Crippen molar-refractivity contribution < 1.29 is 4.74 Å². The molecule has 2 nitrogen and oxygen atoms in total. The van der Waals surface area contributed by atoms with E-state index >= 15 is 0 Å². The van der Waals surface area contributed by atoms with Crippen molar-refractivity contribution in [1.82, 2.24) is 5.32 Å². The lowest BCUT2D eigenvalue weighted by atomic mass is 10.2. The van der Waals surface area contributed by atoms with Crippen molar-refractivity contribution in [2.45, 2.75) is 26.4 Å². The molecule has 0 aromatic heterocycles. The summed E-state index contributed by atoms with van der Waals surface area (Å²) in [7, 11) is 0. The Morgan fingerprint density at radius 2 is 1.75 bits per heavy atom. The van der Waals surface area contributed by atoms with Gasteiger partial charge in [-0.05, 0) is 30.3 Å². The summed E-state index contributed by atoms with van der Waals surface area (Å²) in [5.74, 6) is 1.40.